The molecule has 2 N–H and O–H groups in total. The van der Waals surface area contributed by atoms with Crippen molar-refractivity contribution in [1.29, 1.82) is 0 Å². The van der Waals surface area contributed by atoms with Gasteiger partial charge in [-0.05, 0) is 50.5 Å². The van der Waals surface area contributed by atoms with Gasteiger partial charge in [-0.2, -0.15) is 0 Å². The Balaban J connectivity index is 1.60. The van der Waals surface area contributed by atoms with Crippen LogP contribution in [0.3, 0.4) is 0 Å². The Hall–Kier alpha value is -1.37. The van der Waals surface area contributed by atoms with Crippen molar-refractivity contribution in [2.24, 2.45) is 5.92 Å². The van der Waals surface area contributed by atoms with Crippen LogP contribution >= 0.6 is 23.1 Å². The lowest BCUT2D eigenvalue weighted by atomic mass is 10.1. The number of aromatic nitrogens is 1. The van der Waals surface area contributed by atoms with E-state index < -0.39 is 6.10 Å². The molecule has 1 fully saturated rings. The van der Waals surface area contributed by atoms with Gasteiger partial charge in [-0.15, -0.1) is 11.3 Å². The number of nitrogens with one attached hydrogen (secondary N) is 1. The molecule has 0 bridgehead atoms. The number of anilines is 1. The number of carbonyl (C=O) groups is 1. The summed E-state index contributed by atoms with van der Waals surface area (Å²) in [6.45, 7) is 1.98. The largest absolute Gasteiger partial charge is 0.392 e. The summed E-state index contributed by atoms with van der Waals surface area (Å²) in [5.41, 5.74) is 1.80. The normalized spacial score (nSPS) is 21.0. The molecule has 116 valence electrons. The molecule has 1 heterocycles. The lowest BCUT2D eigenvalue weighted by Crippen LogP contribution is -2.28. The van der Waals surface area contributed by atoms with Crippen molar-refractivity contribution in [3.05, 3.63) is 35.3 Å². The molecule has 1 aliphatic rings. The minimum absolute atomic E-state index is 0.0825. The molecular weight excluding hydrogens is 316 g/mol. The van der Waals surface area contributed by atoms with Crippen molar-refractivity contribution in [2.45, 2.75) is 41.5 Å². The number of amides is 1. The van der Waals surface area contributed by atoms with E-state index in [0.29, 0.717) is 0 Å². The second-order valence-electron chi connectivity index (χ2n) is 5.48. The Morgan fingerprint density at radius 2 is 2.14 bits per heavy atom. The average molecular weight is 334 g/mol. The first kappa shape index (κ1) is 15.5. The number of hydrogen-bond donors (Lipinski definition) is 2. The second kappa shape index (κ2) is 6.81. The zero-order chi connectivity index (χ0) is 15.5. The highest BCUT2D eigenvalue weighted by Gasteiger charge is 2.31. The summed E-state index contributed by atoms with van der Waals surface area (Å²) in [6, 6.07) is 7.73. The summed E-state index contributed by atoms with van der Waals surface area (Å²) < 4.78 is 1.02. The standard InChI is InChI=1S/C16H18N2O2S2/c1-10-9-21-16(17-10)22-12-7-5-11(6-8-12)18-15(20)13-3-2-4-14(13)19/h5-9,13-14,19H,2-4H2,1H3,(H,18,20). The summed E-state index contributed by atoms with van der Waals surface area (Å²) in [5.74, 6) is -0.353. The van der Waals surface area contributed by atoms with Gasteiger partial charge < -0.3 is 10.4 Å². The maximum atomic E-state index is 12.1. The number of nitrogens with zero attached hydrogens (tertiary/aromatic N) is 1. The minimum Gasteiger partial charge on any atom is -0.392 e. The van der Waals surface area contributed by atoms with Crippen molar-refractivity contribution in [3.63, 3.8) is 0 Å². The fourth-order valence-electron chi connectivity index (χ4n) is 2.57. The molecule has 0 radical (unpaired) electrons. The summed E-state index contributed by atoms with van der Waals surface area (Å²) in [6.07, 6.45) is 1.91. The maximum Gasteiger partial charge on any atom is 0.230 e. The van der Waals surface area contributed by atoms with Gasteiger partial charge in [0.25, 0.3) is 0 Å². The number of thiazole rings is 1. The van der Waals surface area contributed by atoms with Crippen LogP contribution in [0.25, 0.3) is 0 Å². The fourth-order valence-corrected chi connectivity index (χ4v) is 4.38. The van der Waals surface area contributed by atoms with Crippen LogP contribution in [0.1, 0.15) is 25.0 Å². The molecule has 6 heteroatoms. The van der Waals surface area contributed by atoms with Crippen molar-refractivity contribution in [3.8, 4) is 0 Å². The third kappa shape index (κ3) is 3.69. The molecule has 1 aromatic heterocycles. The molecule has 2 unspecified atom stereocenters. The Morgan fingerprint density at radius 1 is 1.36 bits per heavy atom. The highest BCUT2D eigenvalue weighted by Crippen LogP contribution is 2.31. The monoisotopic (exact) mass is 334 g/mol. The molecule has 22 heavy (non-hydrogen) atoms. The first-order chi connectivity index (χ1) is 10.6. The number of carbonyl (C=O) groups excluding carboxylic acids is 1. The van der Waals surface area contributed by atoms with Crippen molar-refractivity contribution >= 4 is 34.7 Å². The maximum absolute atomic E-state index is 12.1. The zero-order valence-corrected chi connectivity index (χ0v) is 13.9. The quantitative estimate of drug-likeness (QED) is 0.895. The number of aliphatic hydroxyl groups excluding tert-OH is 1. The molecule has 1 aliphatic carbocycles. The highest BCUT2D eigenvalue weighted by molar-refractivity contribution is 8.01. The number of aryl methyl sites for hydroxylation is 1. The van der Waals surface area contributed by atoms with Gasteiger partial charge in [0.15, 0.2) is 4.34 Å². The van der Waals surface area contributed by atoms with Crippen LogP contribution in [0.4, 0.5) is 5.69 Å². The average Bonchev–Trinajstić information content (AvgIpc) is 3.10. The third-order valence-electron chi connectivity index (χ3n) is 3.74. The summed E-state index contributed by atoms with van der Waals surface area (Å²) >= 11 is 3.25. The van der Waals surface area contributed by atoms with Gasteiger partial charge in [-0.3, -0.25) is 4.79 Å². The topological polar surface area (TPSA) is 62.2 Å². The molecule has 2 atom stereocenters. The number of rotatable bonds is 4. The molecule has 3 rings (SSSR count). The SMILES string of the molecule is Cc1csc(Sc2ccc(NC(=O)C3CCCC3O)cc2)n1. The molecule has 1 saturated carbocycles. The number of hydrogen-bond acceptors (Lipinski definition) is 5. The van der Waals surface area contributed by atoms with Gasteiger partial charge in [-0.1, -0.05) is 11.8 Å². The van der Waals surface area contributed by atoms with Gasteiger partial charge in [-0.25, -0.2) is 4.98 Å². The molecular formula is C16H18N2O2S2. The summed E-state index contributed by atoms with van der Waals surface area (Å²) in [7, 11) is 0. The van der Waals surface area contributed by atoms with E-state index in [1.54, 1.807) is 23.1 Å². The predicted octanol–water partition coefficient (Wildman–Crippen LogP) is 3.70. The Morgan fingerprint density at radius 3 is 2.73 bits per heavy atom. The van der Waals surface area contributed by atoms with E-state index in [9.17, 15) is 9.90 Å². The van der Waals surface area contributed by atoms with Crippen LogP contribution in [0.2, 0.25) is 0 Å². The molecule has 0 aliphatic heterocycles. The van der Waals surface area contributed by atoms with Crippen molar-refractivity contribution in [1.82, 2.24) is 4.98 Å². The predicted molar refractivity (Wildman–Crippen MR) is 89.4 cm³/mol. The first-order valence-electron chi connectivity index (χ1n) is 7.31. The van der Waals surface area contributed by atoms with Gasteiger partial charge in [0, 0.05) is 21.7 Å². The van der Waals surface area contributed by atoms with E-state index in [-0.39, 0.29) is 11.8 Å². The number of aliphatic hydroxyl groups is 1. The van der Waals surface area contributed by atoms with Gasteiger partial charge in [0.05, 0.1) is 12.0 Å². The number of benzene rings is 1. The van der Waals surface area contributed by atoms with Gasteiger partial charge >= 0.3 is 0 Å². The van der Waals surface area contributed by atoms with E-state index in [1.165, 1.54) is 0 Å². The van der Waals surface area contributed by atoms with Gasteiger partial charge in [0.2, 0.25) is 5.91 Å². The van der Waals surface area contributed by atoms with Crippen LogP contribution in [0.15, 0.2) is 38.9 Å². The molecule has 4 nitrogen and oxygen atoms in total. The van der Waals surface area contributed by atoms with Crippen LogP contribution in [-0.4, -0.2) is 22.1 Å². The highest BCUT2D eigenvalue weighted by atomic mass is 32.2. The fraction of sp³-hybridized carbons (Fsp3) is 0.375. The van der Waals surface area contributed by atoms with E-state index in [1.807, 2.05) is 36.6 Å². The lowest BCUT2D eigenvalue weighted by Gasteiger charge is -2.14. The van der Waals surface area contributed by atoms with Crippen LogP contribution in [0.5, 0.6) is 0 Å². The second-order valence-corrected chi connectivity index (χ2v) is 7.65. The zero-order valence-electron chi connectivity index (χ0n) is 12.3. The van der Waals surface area contributed by atoms with E-state index in [0.717, 1.165) is 39.9 Å². The minimum atomic E-state index is -0.497. The first-order valence-corrected chi connectivity index (χ1v) is 9.00. The van der Waals surface area contributed by atoms with Crippen molar-refractivity contribution < 1.29 is 9.90 Å². The van der Waals surface area contributed by atoms with Gasteiger partial charge in [0.1, 0.15) is 0 Å². The van der Waals surface area contributed by atoms with Crippen LogP contribution < -0.4 is 5.32 Å². The van der Waals surface area contributed by atoms with E-state index >= 15 is 0 Å². The molecule has 0 saturated heterocycles. The van der Waals surface area contributed by atoms with Crippen LogP contribution in [-0.2, 0) is 4.79 Å². The molecule has 1 amide bonds. The van der Waals surface area contributed by atoms with E-state index in [2.05, 4.69) is 10.3 Å². The third-order valence-corrected chi connectivity index (χ3v) is 5.81. The molecule has 1 aromatic carbocycles. The van der Waals surface area contributed by atoms with Crippen LogP contribution in [0, 0.1) is 12.8 Å². The van der Waals surface area contributed by atoms with E-state index in [4.69, 9.17) is 0 Å². The lowest BCUT2D eigenvalue weighted by molar-refractivity contribution is -0.122. The summed E-state index contributed by atoms with van der Waals surface area (Å²) in [5, 5.41) is 14.7. The van der Waals surface area contributed by atoms with Crippen molar-refractivity contribution in [2.75, 3.05) is 5.32 Å². The Kier molecular flexibility index (Phi) is 4.81. The summed E-state index contributed by atoms with van der Waals surface area (Å²) in [4.78, 5) is 17.6. The smallest absolute Gasteiger partial charge is 0.230 e. The Bertz CT molecular complexity index is 654. The molecule has 2 aromatic rings. The Labute approximate surface area is 138 Å². The molecule has 0 spiro atoms.